The van der Waals surface area contributed by atoms with Gasteiger partial charge in [-0.25, -0.2) is 9.59 Å². The zero-order valence-corrected chi connectivity index (χ0v) is 16.5. The second-order valence-electron chi connectivity index (χ2n) is 6.72. The Balaban J connectivity index is 1.52. The highest BCUT2D eigenvalue weighted by molar-refractivity contribution is 5.89. The molecule has 0 amide bonds. The summed E-state index contributed by atoms with van der Waals surface area (Å²) in [5, 5.41) is 0. The van der Waals surface area contributed by atoms with Gasteiger partial charge in [-0.1, -0.05) is 42.5 Å². The Morgan fingerprint density at radius 2 is 1.40 bits per heavy atom. The molecular weight excluding hydrogens is 388 g/mol. The average Bonchev–Trinajstić information content (AvgIpc) is 3.47. The molecule has 0 spiro atoms. The van der Waals surface area contributed by atoms with Gasteiger partial charge in [-0.15, -0.1) is 0 Å². The maximum atomic E-state index is 12.2. The quantitative estimate of drug-likeness (QED) is 0.272. The van der Waals surface area contributed by atoms with E-state index in [1.807, 2.05) is 6.07 Å². The minimum absolute atomic E-state index is 0.0524. The topological polar surface area (TPSA) is 91.4 Å². The Labute approximate surface area is 174 Å². The number of rotatable bonds is 9. The van der Waals surface area contributed by atoms with Gasteiger partial charge in [0.15, 0.2) is 5.60 Å². The van der Waals surface area contributed by atoms with Crippen molar-refractivity contribution >= 4 is 17.9 Å². The van der Waals surface area contributed by atoms with Gasteiger partial charge in [0.25, 0.3) is 0 Å². The van der Waals surface area contributed by atoms with E-state index in [2.05, 4.69) is 0 Å². The molecule has 0 unspecified atom stereocenters. The highest BCUT2D eigenvalue weighted by Crippen LogP contribution is 2.38. The standard InChI is InChI=1S/C23H22O7/c1-17(24)28-15-23(16-29-22(26)19-11-6-3-7-12-19)20(30-23)13-8-14-27-21(25)18-9-4-2-5-10-18/h2-13,20H,14-16H2,1H3/b13-8-/t20-,23-/m0/s1. The fourth-order valence-corrected chi connectivity index (χ4v) is 2.74. The van der Waals surface area contributed by atoms with E-state index in [1.54, 1.807) is 66.7 Å². The lowest BCUT2D eigenvalue weighted by molar-refractivity contribution is -0.143. The SMILES string of the molecule is CC(=O)OC[C@@]1(COC(=O)c2ccccc2)O[C@H]1/C=C\COC(=O)c1ccccc1. The lowest BCUT2D eigenvalue weighted by Gasteiger charge is -2.13. The summed E-state index contributed by atoms with van der Waals surface area (Å²) in [6.45, 7) is 1.22. The van der Waals surface area contributed by atoms with Crippen LogP contribution in [0.1, 0.15) is 27.6 Å². The number of hydrogen-bond donors (Lipinski definition) is 0. The number of esters is 3. The summed E-state index contributed by atoms with van der Waals surface area (Å²) in [6, 6.07) is 17.2. The summed E-state index contributed by atoms with van der Waals surface area (Å²) in [4.78, 5) is 35.3. The molecule has 2 aromatic carbocycles. The first-order valence-electron chi connectivity index (χ1n) is 9.42. The molecule has 0 N–H and O–H groups in total. The van der Waals surface area contributed by atoms with Gasteiger partial charge in [0, 0.05) is 6.92 Å². The van der Waals surface area contributed by atoms with Crippen molar-refractivity contribution in [1.82, 2.24) is 0 Å². The highest BCUT2D eigenvalue weighted by atomic mass is 16.7. The molecule has 3 rings (SSSR count). The maximum absolute atomic E-state index is 12.2. The Morgan fingerprint density at radius 1 is 0.867 bits per heavy atom. The van der Waals surface area contributed by atoms with Crippen LogP contribution in [0.2, 0.25) is 0 Å². The number of benzene rings is 2. The predicted octanol–water partition coefficient (Wildman–Crippen LogP) is 2.96. The molecular formula is C23H22O7. The molecule has 7 heteroatoms. The van der Waals surface area contributed by atoms with E-state index >= 15 is 0 Å². The lowest BCUT2D eigenvalue weighted by atomic mass is 10.1. The molecule has 1 fully saturated rings. The van der Waals surface area contributed by atoms with Gasteiger partial charge in [-0.3, -0.25) is 4.79 Å². The minimum atomic E-state index is -0.948. The summed E-state index contributed by atoms with van der Waals surface area (Å²) in [5.41, 5.74) is -0.0675. The van der Waals surface area contributed by atoms with Crippen molar-refractivity contribution in [2.75, 3.05) is 19.8 Å². The number of epoxide rings is 1. The van der Waals surface area contributed by atoms with E-state index in [-0.39, 0.29) is 19.8 Å². The maximum Gasteiger partial charge on any atom is 0.338 e. The van der Waals surface area contributed by atoms with Gasteiger partial charge < -0.3 is 18.9 Å². The Bertz CT molecular complexity index is 908. The zero-order valence-electron chi connectivity index (χ0n) is 16.5. The minimum Gasteiger partial charge on any atom is -0.463 e. The Morgan fingerprint density at radius 3 is 1.97 bits per heavy atom. The largest absolute Gasteiger partial charge is 0.463 e. The van der Waals surface area contributed by atoms with Crippen LogP contribution >= 0.6 is 0 Å². The number of carbonyl (C=O) groups excluding carboxylic acids is 3. The van der Waals surface area contributed by atoms with Crippen molar-refractivity contribution in [2.45, 2.75) is 18.6 Å². The van der Waals surface area contributed by atoms with Gasteiger partial charge in [0.1, 0.15) is 25.9 Å². The fraction of sp³-hybridized carbons (Fsp3) is 0.261. The predicted molar refractivity (Wildman–Crippen MR) is 107 cm³/mol. The van der Waals surface area contributed by atoms with Crippen molar-refractivity contribution in [1.29, 1.82) is 0 Å². The zero-order chi connectivity index (χ0) is 21.4. The monoisotopic (exact) mass is 410 g/mol. The molecule has 1 heterocycles. The molecule has 0 bridgehead atoms. The molecule has 7 nitrogen and oxygen atoms in total. The molecule has 1 saturated heterocycles. The first-order valence-corrected chi connectivity index (χ1v) is 9.42. The summed E-state index contributed by atoms with van der Waals surface area (Å²) in [7, 11) is 0. The highest BCUT2D eigenvalue weighted by Gasteiger charge is 2.57. The van der Waals surface area contributed by atoms with Crippen LogP contribution in [0, 0.1) is 0 Å². The van der Waals surface area contributed by atoms with Gasteiger partial charge >= 0.3 is 17.9 Å². The number of hydrogen-bond acceptors (Lipinski definition) is 7. The summed E-state index contributed by atoms with van der Waals surface area (Å²) < 4.78 is 21.2. The smallest absolute Gasteiger partial charge is 0.338 e. The second-order valence-corrected chi connectivity index (χ2v) is 6.72. The van der Waals surface area contributed by atoms with Crippen LogP contribution in [0.3, 0.4) is 0 Å². The third-order valence-corrected chi connectivity index (χ3v) is 4.43. The van der Waals surface area contributed by atoms with Crippen LogP contribution < -0.4 is 0 Å². The third-order valence-electron chi connectivity index (χ3n) is 4.43. The van der Waals surface area contributed by atoms with Crippen molar-refractivity contribution in [3.63, 3.8) is 0 Å². The lowest BCUT2D eigenvalue weighted by Crippen LogP contribution is -2.31. The molecule has 0 aromatic heterocycles. The van der Waals surface area contributed by atoms with E-state index < -0.39 is 29.6 Å². The van der Waals surface area contributed by atoms with Crippen molar-refractivity contribution in [3.05, 3.63) is 83.9 Å². The van der Waals surface area contributed by atoms with Crippen LogP contribution in [0.25, 0.3) is 0 Å². The second kappa shape index (κ2) is 9.84. The molecule has 30 heavy (non-hydrogen) atoms. The van der Waals surface area contributed by atoms with Gasteiger partial charge in [-0.2, -0.15) is 0 Å². The van der Waals surface area contributed by atoms with Crippen molar-refractivity contribution in [2.24, 2.45) is 0 Å². The average molecular weight is 410 g/mol. The van der Waals surface area contributed by atoms with E-state index in [1.165, 1.54) is 6.92 Å². The summed E-state index contributed by atoms with van der Waals surface area (Å²) in [6.07, 6.45) is 2.90. The van der Waals surface area contributed by atoms with Gasteiger partial charge in [0.2, 0.25) is 0 Å². The molecule has 156 valence electrons. The van der Waals surface area contributed by atoms with E-state index in [0.717, 1.165) is 0 Å². The van der Waals surface area contributed by atoms with E-state index in [4.69, 9.17) is 18.9 Å². The molecule has 2 aromatic rings. The number of ether oxygens (including phenoxy) is 4. The number of carbonyl (C=O) groups is 3. The normalized spacial score (nSPS) is 19.8. The van der Waals surface area contributed by atoms with Gasteiger partial charge in [0.05, 0.1) is 11.1 Å². The van der Waals surface area contributed by atoms with Crippen LogP contribution in [0.5, 0.6) is 0 Å². The van der Waals surface area contributed by atoms with Gasteiger partial charge in [-0.05, 0) is 30.3 Å². The first-order chi connectivity index (χ1) is 14.5. The molecule has 0 saturated carbocycles. The summed E-state index contributed by atoms with van der Waals surface area (Å²) in [5.74, 6) is -1.38. The molecule has 0 aliphatic carbocycles. The van der Waals surface area contributed by atoms with Crippen molar-refractivity contribution < 1.29 is 33.3 Å². The Hall–Kier alpha value is -3.45. The van der Waals surface area contributed by atoms with E-state index in [0.29, 0.717) is 11.1 Å². The molecule has 1 aliphatic rings. The fourth-order valence-electron chi connectivity index (χ4n) is 2.74. The molecule has 0 radical (unpaired) electrons. The van der Waals surface area contributed by atoms with Crippen LogP contribution in [0.15, 0.2) is 72.8 Å². The first kappa shape index (κ1) is 21.3. The Kier molecular flexibility index (Phi) is 6.98. The van der Waals surface area contributed by atoms with Crippen molar-refractivity contribution in [3.8, 4) is 0 Å². The molecule has 1 aliphatic heterocycles. The molecule has 2 atom stereocenters. The van der Waals surface area contributed by atoms with Crippen LogP contribution in [0.4, 0.5) is 0 Å². The third kappa shape index (κ3) is 5.78. The van der Waals surface area contributed by atoms with E-state index in [9.17, 15) is 14.4 Å². The van der Waals surface area contributed by atoms with Crippen LogP contribution in [-0.2, 0) is 23.7 Å². The van der Waals surface area contributed by atoms with Crippen LogP contribution in [-0.4, -0.2) is 49.4 Å². The summed E-state index contributed by atoms with van der Waals surface area (Å²) >= 11 is 0.